The lowest BCUT2D eigenvalue weighted by Gasteiger charge is -2.10. The highest BCUT2D eigenvalue weighted by molar-refractivity contribution is 6.01. The smallest absolute Gasteiger partial charge is 0.262 e. The summed E-state index contributed by atoms with van der Waals surface area (Å²) in [6.45, 7) is -0.317. The maximum atomic E-state index is 13.1. The number of rotatable bonds is 4. The first kappa shape index (κ1) is 15.1. The molecule has 0 fully saturated rings. The Kier molecular flexibility index (Phi) is 4.06. The number of fused-ring (bicyclic) bond motifs is 1. The van der Waals surface area contributed by atoms with Crippen molar-refractivity contribution < 1.29 is 23.1 Å². The lowest BCUT2D eigenvalue weighted by Crippen LogP contribution is -2.20. The highest BCUT2D eigenvalue weighted by Crippen LogP contribution is 2.30. The Labute approximate surface area is 131 Å². The number of anilines is 1. The third-order valence-corrected chi connectivity index (χ3v) is 3.54. The Morgan fingerprint density at radius 3 is 2.61 bits per heavy atom. The third-order valence-electron chi connectivity index (χ3n) is 3.54. The molecular formula is C17H13F2NO3. The van der Waals surface area contributed by atoms with E-state index in [4.69, 9.17) is 4.74 Å². The van der Waals surface area contributed by atoms with E-state index in [9.17, 15) is 18.4 Å². The Morgan fingerprint density at radius 2 is 1.87 bits per heavy atom. The second-order valence-electron chi connectivity index (χ2n) is 5.20. The summed E-state index contributed by atoms with van der Waals surface area (Å²) < 4.78 is 31.6. The topological polar surface area (TPSA) is 55.4 Å². The monoisotopic (exact) mass is 317 g/mol. The molecule has 4 nitrogen and oxygen atoms in total. The van der Waals surface area contributed by atoms with E-state index in [1.807, 2.05) is 0 Å². The quantitative estimate of drug-likeness (QED) is 0.942. The van der Waals surface area contributed by atoms with Crippen LogP contribution in [-0.4, -0.2) is 18.3 Å². The summed E-state index contributed by atoms with van der Waals surface area (Å²) in [4.78, 5) is 23.5. The molecule has 1 aliphatic rings. The molecule has 2 aromatic rings. The van der Waals surface area contributed by atoms with Gasteiger partial charge in [-0.3, -0.25) is 9.59 Å². The van der Waals surface area contributed by atoms with Gasteiger partial charge in [-0.05, 0) is 24.6 Å². The van der Waals surface area contributed by atoms with Gasteiger partial charge in [0.25, 0.3) is 5.91 Å². The van der Waals surface area contributed by atoms with Gasteiger partial charge in [0, 0.05) is 29.3 Å². The van der Waals surface area contributed by atoms with Crippen LogP contribution < -0.4 is 10.1 Å². The molecule has 0 bridgehead atoms. The normalized spacial score (nSPS) is 12.9. The van der Waals surface area contributed by atoms with Gasteiger partial charge in [0.1, 0.15) is 17.4 Å². The van der Waals surface area contributed by atoms with Gasteiger partial charge in [-0.25, -0.2) is 8.78 Å². The zero-order chi connectivity index (χ0) is 16.4. The van der Waals surface area contributed by atoms with Gasteiger partial charge in [-0.1, -0.05) is 12.1 Å². The van der Waals surface area contributed by atoms with Crippen LogP contribution in [0.2, 0.25) is 0 Å². The summed E-state index contributed by atoms with van der Waals surface area (Å²) in [6, 6.07) is 7.85. The number of ketones is 1. The van der Waals surface area contributed by atoms with Crippen molar-refractivity contribution in [3.63, 3.8) is 0 Å². The van der Waals surface area contributed by atoms with E-state index in [2.05, 4.69) is 5.32 Å². The molecule has 1 aliphatic carbocycles. The molecule has 0 heterocycles. The van der Waals surface area contributed by atoms with Crippen LogP contribution >= 0.6 is 0 Å². The predicted octanol–water partition coefficient (Wildman–Crippen LogP) is 3.11. The molecule has 1 N–H and O–H groups in total. The van der Waals surface area contributed by atoms with Crippen molar-refractivity contribution in [2.45, 2.75) is 12.8 Å². The fourth-order valence-corrected chi connectivity index (χ4v) is 2.56. The summed E-state index contributed by atoms with van der Waals surface area (Å²) in [7, 11) is 0. The zero-order valence-electron chi connectivity index (χ0n) is 12.1. The van der Waals surface area contributed by atoms with Crippen molar-refractivity contribution in [1.82, 2.24) is 0 Å². The molecule has 0 atom stereocenters. The Hall–Kier alpha value is -2.76. The van der Waals surface area contributed by atoms with Gasteiger partial charge >= 0.3 is 0 Å². The lowest BCUT2D eigenvalue weighted by molar-refractivity contribution is -0.118. The van der Waals surface area contributed by atoms with Crippen LogP contribution in [0.1, 0.15) is 22.3 Å². The largest absolute Gasteiger partial charge is 0.483 e. The number of halogens is 2. The highest BCUT2D eigenvalue weighted by atomic mass is 19.1. The summed E-state index contributed by atoms with van der Waals surface area (Å²) in [5, 5.41) is 2.36. The molecule has 0 aliphatic heterocycles. The van der Waals surface area contributed by atoms with Gasteiger partial charge in [-0.2, -0.15) is 0 Å². The highest BCUT2D eigenvalue weighted by Gasteiger charge is 2.22. The van der Waals surface area contributed by atoms with Gasteiger partial charge in [0.05, 0.1) is 0 Å². The van der Waals surface area contributed by atoms with Gasteiger partial charge < -0.3 is 10.1 Å². The first-order valence-electron chi connectivity index (χ1n) is 7.07. The van der Waals surface area contributed by atoms with Crippen molar-refractivity contribution in [2.24, 2.45) is 0 Å². The molecular weight excluding hydrogens is 304 g/mol. The fourth-order valence-electron chi connectivity index (χ4n) is 2.56. The first-order chi connectivity index (χ1) is 11.0. The van der Waals surface area contributed by atoms with Crippen LogP contribution in [0.15, 0.2) is 36.4 Å². The first-order valence-corrected chi connectivity index (χ1v) is 7.07. The van der Waals surface area contributed by atoms with Crippen molar-refractivity contribution in [1.29, 1.82) is 0 Å². The van der Waals surface area contributed by atoms with E-state index in [1.165, 1.54) is 0 Å². The zero-order valence-corrected chi connectivity index (χ0v) is 12.1. The molecule has 0 radical (unpaired) electrons. The van der Waals surface area contributed by atoms with Crippen molar-refractivity contribution >= 4 is 17.4 Å². The number of hydrogen-bond acceptors (Lipinski definition) is 3. The molecule has 0 unspecified atom stereocenters. The molecule has 0 saturated heterocycles. The van der Waals surface area contributed by atoms with Crippen LogP contribution in [0.5, 0.6) is 5.75 Å². The molecule has 1 amide bonds. The van der Waals surface area contributed by atoms with Crippen LogP contribution in [0.4, 0.5) is 14.5 Å². The second kappa shape index (κ2) is 6.16. The Bertz CT molecular complexity index is 769. The number of carbonyl (C=O) groups is 2. The maximum absolute atomic E-state index is 13.1. The van der Waals surface area contributed by atoms with Gasteiger partial charge in [0.2, 0.25) is 0 Å². The van der Waals surface area contributed by atoms with E-state index in [0.717, 1.165) is 23.8 Å². The minimum atomic E-state index is -0.777. The Morgan fingerprint density at radius 1 is 1.13 bits per heavy atom. The second-order valence-corrected chi connectivity index (χ2v) is 5.20. The maximum Gasteiger partial charge on any atom is 0.262 e. The molecule has 0 spiro atoms. The summed E-state index contributed by atoms with van der Waals surface area (Å²) in [5.74, 6) is -1.56. The molecule has 0 aromatic heterocycles. The molecule has 6 heteroatoms. The third kappa shape index (κ3) is 3.36. The van der Waals surface area contributed by atoms with Crippen LogP contribution in [-0.2, 0) is 11.2 Å². The van der Waals surface area contributed by atoms with Crippen LogP contribution in [0.25, 0.3) is 0 Å². The summed E-state index contributed by atoms with van der Waals surface area (Å²) in [5.41, 5.74) is 1.43. The number of carbonyl (C=O) groups excluding carboxylic acids is 2. The summed E-state index contributed by atoms with van der Waals surface area (Å²) in [6.07, 6.45) is 1.02. The molecule has 0 saturated carbocycles. The van der Waals surface area contributed by atoms with Crippen LogP contribution in [0, 0.1) is 11.6 Å². The predicted molar refractivity (Wildman–Crippen MR) is 79.6 cm³/mol. The standard InChI is InChI=1S/C17H13F2NO3/c18-10-6-11(19)8-12(7-10)20-17(22)9-23-16-3-1-2-13-14(16)4-5-15(13)21/h1-3,6-8H,4-5,9H2,(H,20,22). The van der Waals surface area contributed by atoms with E-state index < -0.39 is 17.5 Å². The lowest BCUT2D eigenvalue weighted by atomic mass is 10.1. The fraction of sp³-hybridized carbons (Fsp3) is 0.176. The number of benzene rings is 2. The number of amides is 1. The number of ether oxygens (including phenoxy) is 1. The molecule has 118 valence electrons. The van der Waals surface area contributed by atoms with Gasteiger partial charge in [-0.15, -0.1) is 0 Å². The minimum absolute atomic E-state index is 0.0181. The minimum Gasteiger partial charge on any atom is -0.483 e. The van der Waals surface area contributed by atoms with Crippen molar-refractivity contribution in [3.05, 3.63) is 59.2 Å². The van der Waals surface area contributed by atoms with E-state index in [1.54, 1.807) is 18.2 Å². The van der Waals surface area contributed by atoms with E-state index >= 15 is 0 Å². The van der Waals surface area contributed by atoms with Crippen molar-refractivity contribution in [3.8, 4) is 5.75 Å². The number of nitrogens with one attached hydrogen (secondary N) is 1. The molecule has 23 heavy (non-hydrogen) atoms. The number of hydrogen-bond donors (Lipinski definition) is 1. The molecule has 3 rings (SSSR count). The average Bonchev–Trinajstić information content (AvgIpc) is 2.86. The van der Waals surface area contributed by atoms with Crippen LogP contribution in [0.3, 0.4) is 0 Å². The SMILES string of the molecule is O=C(COc1cccc2c1CCC2=O)Nc1cc(F)cc(F)c1. The molecule has 2 aromatic carbocycles. The van der Waals surface area contributed by atoms with E-state index in [-0.39, 0.29) is 18.1 Å². The van der Waals surface area contributed by atoms with Gasteiger partial charge in [0.15, 0.2) is 12.4 Å². The average molecular weight is 317 g/mol. The van der Waals surface area contributed by atoms with E-state index in [0.29, 0.717) is 24.2 Å². The Balaban J connectivity index is 1.65. The number of Topliss-reactive ketones (excluding diaryl/α,β-unsaturated/α-hetero) is 1. The van der Waals surface area contributed by atoms with Crippen molar-refractivity contribution in [2.75, 3.05) is 11.9 Å². The summed E-state index contributed by atoms with van der Waals surface area (Å²) >= 11 is 0.